The Balaban J connectivity index is 2.25. The number of aliphatic hydroxyl groups is 1. The zero-order valence-electron chi connectivity index (χ0n) is 18.0. The second kappa shape index (κ2) is 9.02. The molecule has 0 spiro atoms. The van der Waals surface area contributed by atoms with E-state index in [0.717, 1.165) is 5.56 Å². The minimum absolute atomic E-state index is 0.00807. The van der Waals surface area contributed by atoms with Crippen LogP contribution in [0.1, 0.15) is 58.4 Å². The first-order chi connectivity index (χ1) is 12.6. The van der Waals surface area contributed by atoms with Crippen LogP contribution in [-0.4, -0.2) is 25.3 Å². The van der Waals surface area contributed by atoms with Crippen LogP contribution >= 0.6 is 0 Å². The lowest BCUT2D eigenvalue weighted by atomic mass is 9.73. The molecule has 0 radical (unpaired) electrons. The van der Waals surface area contributed by atoms with Crippen molar-refractivity contribution in [3.63, 3.8) is 0 Å². The van der Waals surface area contributed by atoms with Gasteiger partial charge in [0.2, 0.25) is 0 Å². The SMILES string of the molecule is C[C@@H](C(=O)[C@](C)(O[Si](C)(C)C)c1ccccc1)[C@@H](O)[C@@H](C)C1CCCCC1. The number of hydrogen-bond acceptors (Lipinski definition) is 3. The highest BCUT2D eigenvalue weighted by Gasteiger charge is 2.45. The van der Waals surface area contributed by atoms with Crippen LogP contribution in [0, 0.1) is 17.8 Å². The van der Waals surface area contributed by atoms with Gasteiger partial charge >= 0.3 is 0 Å². The summed E-state index contributed by atoms with van der Waals surface area (Å²) in [7, 11) is -1.98. The molecule has 1 aromatic carbocycles. The van der Waals surface area contributed by atoms with E-state index in [2.05, 4.69) is 26.6 Å². The topological polar surface area (TPSA) is 46.5 Å². The van der Waals surface area contributed by atoms with Gasteiger partial charge < -0.3 is 9.53 Å². The number of carbonyl (C=O) groups excluding carboxylic acids is 1. The third kappa shape index (κ3) is 5.52. The summed E-state index contributed by atoms with van der Waals surface area (Å²) in [5, 5.41) is 11.1. The van der Waals surface area contributed by atoms with Crippen LogP contribution in [0.5, 0.6) is 0 Å². The Morgan fingerprint density at radius 1 is 1.11 bits per heavy atom. The molecule has 0 amide bonds. The molecule has 0 aromatic heterocycles. The highest BCUT2D eigenvalue weighted by molar-refractivity contribution is 6.70. The van der Waals surface area contributed by atoms with Crippen LogP contribution in [0.15, 0.2) is 30.3 Å². The fraction of sp³-hybridized carbons (Fsp3) is 0.696. The minimum Gasteiger partial charge on any atom is -0.402 e. The molecule has 27 heavy (non-hydrogen) atoms. The first-order valence-electron chi connectivity index (χ1n) is 10.5. The highest BCUT2D eigenvalue weighted by atomic mass is 28.4. The van der Waals surface area contributed by atoms with E-state index in [1.165, 1.54) is 32.1 Å². The van der Waals surface area contributed by atoms with E-state index in [9.17, 15) is 9.90 Å². The standard InChI is InChI=1S/C23H38O3Si/c1-17(19-13-9-7-10-14-19)21(24)18(2)22(25)23(3,26-27(4,5)6)20-15-11-8-12-16-20/h8,11-12,15-19,21,24H,7,9-10,13-14H2,1-6H3/t17-,18+,21-,23+/m0/s1. The summed E-state index contributed by atoms with van der Waals surface area (Å²) in [6.45, 7) is 12.2. The Morgan fingerprint density at radius 2 is 1.67 bits per heavy atom. The molecule has 1 aliphatic carbocycles. The number of hydrogen-bond donors (Lipinski definition) is 1. The molecule has 3 nitrogen and oxygen atoms in total. The van der Waals surface area contributed by atoms with E-state index in [0.29, 0.717) is 5.92 Å². The summed E-state index contributed by atoms with van der Waals surface area (Å²) >= 11 is 0. The Labute approximate surface area is 166 Å². The molecule has 0 aliphatic heterocycles. The summed E-state index contributed by atoms with van der Waals surface area (Å²) in [6, 6.07) is 9.76. The van der Waals surface area contributed by atoms with E-state index in [1.54, 1.807) is 0 Å². The van der Waals surface area contributed by atoms with Crippen LogP contribution in [0.4, 0.5) is 0 Å². The number of benzene rings is 1. The summed E-state index contributed by atoms with van der Waals surface area (Å²) < 4.78 is 6.45. The van der Waals surface area contributed by atoms with E-state index < -0.39 is 25.9 Å². The Kier molecular flexibility index (Phi) is 7.45. The number of ketones is 1. The molecule has 0 heterocycles. The predicted octanol–water partition coefficient (Wildman–Crippen LogP) is 5.54. The predicted molar refractivity (Wildman–Crippen MR) is 114 cm³/mol. The van der Waals surface area contributed by atoms with Gasteiger partial charge in [-0.1, -0.05) is 76.3 Å². The van der Waals surface area contributed by atoms with Crippen molar-refractivity contribution in [3.05, 3.63) is 35.9 Å². The van der Waals surface area contributed by atoms with Crippen molar-refractivity contribution >= 4 is 14.1 Å². The Morgan fingerprint density at radius 3 is 2.19 bits per heavy atom. The average Bonchev–Trinajstić information content (AvgIpc) is 2.65. The van der Waals surface area contributed by atoms with Gasteiger partial charge in [0.05, 0.1) is 6.10 Å². The maximum atomic E-state index is 13.6. The van der Waals surface area contributed by atoms with Crippen LogP contribution in [0.2, 0.25) is 19.6 Å². The third-order valence-corrected chi connectivity index (χ3v) is 7.18. The van der Waals surface area contributed by atoms with Gasteiger partial charge in [0, 0.05) is 5.92 Å². The van der Waals surface area contributed by atoms with Crippen molar-refractivity contribution in [3.8, 4) is 0 Å². The van der Waals surface area contributed by atoms with Gasteiger partial charge in [0.15, 0.2) is 14.1 Å². The zero-order chi connectivity index (χ0) is 20.2. The van der Waals surface area contributed by atoms with E-state index in [-0.39, 0.29) is 11.7 Å². The molecule has 4 heteroatoms. The highest BCUT2D eigenvalue weighted by Crippen LogP contribution is 2.37. The molecule has 4 atom stereocenters. The normalized spacial score (nSPS) is 21.9. The molecule has 2 rings (SSSR count). The monoisotopic (exact) mass is 390 g/mol. The van der Waals surface area contributed by atoms with Crippen LogP contribution in [0.25, 0.3) is 0 Å². The van der Waals surface area contributed by atoms with Crippen molar-refractivity contribution in [1.29, 1.82) is 0 Å². The van der Waals surface area contributed by atoms with Crippen molar-refractivity contribution in [2.45, 2.75) is 84.2 Å². The fourth-order valence-electron chi connectivity index (χ4n) is 4.60. The van der Waals surface area contributed by atoms with Crippen molar-refractivity contribution in [1.82, 2.24) is 0 Å². The fourth-order valence-corrected chi connectivity index (χ4v) is 6.05. The van der Waals surface area contributed by atoms with Crippen LogP contribution in [0.3, 0.4) is 0 Å². The minimum atomic E-state index is -1.98. The second-order valence-corrected chi connectivity index (χ2v) is 13.9. The van der Waals surface area contributed by atoms with Gasteiger partial charge in [-0.3, -0.25) is 4.79 Å². The maximum absolute atomic E-state index is 13.6. The molecule has 0 saturated heterocycles. The van der Waals surface area contributed by atoms with Gasteiger partial charge in [-0.2, -0.15) is 0 Å². The van der Waals surface area contributed by atoms with Crippen LogP contribution in [-0.2, 0) is 14.8 Å². The zero-order valence-corrected chi connectivity index (χ0v) is 19.0. The molecular weight excluding hydrogens is 352 g/mol. The van der Waals surface area contributed by atoms with Crippen molar-refractivity contribution in [2.24, 2.45) is 17.8 Å². The lowest BCUT2D eigenvalue weighted by Gasteiger charge is -2.40. The molecule has 152 valence electrons. The summed E-state index contributed by atoms with van der Waals surface area (Å²) in [6.07, 6.45) is 5.48. The molecule has 1 aliphatic rings. The number of rotatable bonds is 8. The largest absolute Gasteiger partial charge is 0.402 e. The molecule has 1 N–H and O–H groups in total. The average molecular weight is 391 g/mol. The first kappa shape index (κ1) is 22.3. The summed E-state index contributed by atoms with van der Waals surface area (Å²) in [5.41, 5.74) is -0.139. The van der Waals surface area contributed by atoms with Gasteiger partial charge in [0.1, 0.15) is 5.60 Å². The van der Waals surface area contributed by atoms with Gasteiger partial charge in [-0.25, -0.2) is 0 Å². The quantitative estimate of drug-likeness (QED) is 0.593. The van der Waals surface area contributed by atoms with E-state index in [4.69, 9.17) is 4.43 Å². The van der Waals surface area contributed by atoms with Crippen LogP contribution < -0.4 is 0 Å². The Hall–Kier alpha value is -0.973. The van der Waals surface area contributed by atoms with Crippen molar-refractivity contribution in [2.75, 3.05) is 0 Å². The molecule has 1 saturated carbocycles. The number of aliphatic hydroxyl groups excluding tert-OH is 1. The molecule has 1 fully saturated rings. The lowest BCUT2D eigenvalue weighted by molar-refractivity contribution is -0.144. The van der Waals surface area contributed by atoms with Gasteiger partial charge in [-0.05, 0) is 44.0 Å². The van der Waals surface area contributed by atoms with E-state index in [1.807, 2.05) is 44.2 Å². The smallest absolute Gasteiger partial charge is 0.185 e. The molecule has 0 bridgehead atoms. The summed E-state index contributed by atoms with van der Waals surface area (Å²) in [5.74, 6) is 0.191. The Bertz CT molecular complexity index is 604. The first-order valence-corrected chi connectivity index (χ1v) is 13.9. The van der Waals surface area contributed by atoms with Crippen molar-refractivity contribution < 1.29 is 14.3 Å². The number of Topliss-reactive ketones (excluding diaryl/α,β-unsaturated/α-hetero) is 1. The molecule has 1 aromatic rings. The van der Waals surface area contributed by atoms with Gasteiger partial charge in [0.25, 0.3) is 0 Å². The lowest BCUT2D eigenvalue weighted by Crippen LogP contribution is -2.49. The molecule has 0 unspecified atom stereocenters. The van der Waals surface area contributed by atoms with Gasteiger partial charge in [-0.15, -0.1) is 0 Å². The number of carbonyl (C=O) groups is 1. The maximum Gasteiger partial charge on any atom is 0.185 e. The summed E-state index contributed by atoms with van der Waals surface area (Å²) in [4.78, 5) is 13.6. The molecular formula is C23H38O3Si. The second-order valence-electron chi connectivity index (χ2n) is 9.51. The van der Waals surface area contributed by atoms with E-state index >= 15 is 0 Å². The third-order valence-electron chi connectivity index (χ3n) is 6.16.